The van der Waals surface area contributed by atoms with Crippen LogP contribution in [0.3, 0.4) is 0 Å². The lowest BCUT2D eigenvalue weighted by Gasteiger charge is -2.31. The van der Waals surface area contributed by atoms with Crippen LogP contribution in [0.25, 0.3) is 0 Å². The fourth-order valence-electron chi connectivity index (χ4n) is 2.84. The van der Waals surface area contributed by atoms with Crippen molar-refractivity contribution in [3.63, 3.8) is 0 Å². The average molecular weight is 354 g/mol. The number of halogens is 1. The quantitative estimate of drug-likeness (QED) is 0.771. The Balaban J connectivity index is 0.00000288. The van der Waals surface area contributed by atoms with Gasteiger partial charge in [-0.2, -0.15) is 0 Å². The van der Waals surface area contributed by atoms with Gasteiger partial charge in [-0.15, -0.1) is 12.4 Å². The molecule has 0 spiro atoms. The van der Waals surface area contributed by atoms with Crippen LogP contribution >= 0.6 is 12.4 Å². The minimum Gasteiger partial charge on any atom is -0.356 e. The minimum atomic E-state index is 0. The van der Waals surface area contributed by atoms with E-state index in [1.807, 2.05) is 29.2 Å². The van der Waals surface area contributed by atoms with E-state index in [4.69, 9.17) is 5.73 Å². The van der Waals surface area contributed by atoms with Gasteiger partial charge in [-0.25, -0.2) is 0 Å². The first-order valence-corrected chi connectivity index (χ1v) is 8.51. The standard InChI is InChI=1S/C18H27N3O2.ClH/c1-2-3-10-20-17(22)15-8-11-21(12-9-15)18(23)16-6-4-14(13-19)5-7-16;/h4-7,15H,2-3,8-13,19H2,1H3,(H,20,22);1H. The van der Waals surface area contributed by atoms with Crippen molar-refractivity contribution in [3.05, 3.63) is 35.4 Å². The molecule has 0 unspecified atom stereocenters. The van der Waals surface area contributed by atoms with Gasteiger partial charge < -0.3 is 16.0 Å². The van der Waals surface area contributed by atoms with E-state index in [0.717, 1.165) is 37.8 Å². The van der Waals surface area contributed by atoms with E-state index in [0.29, 0.717) is 25.2 Å². The molecule has 5 nitrogen and oxygen atoms in total. The molecule has 0 radical (unpaired) electrons. The third-order valence-electron chi connectivity index (χ3n) is 4.42. The molecule has 2 rings (SSSR count). The maximum Gasteiger partial charge on any atom is 0.253 e. The summed E-state index contributed by atoms with van der Waals surface area (Å²) in [6.45, 7) is 4.62. The summed E-state index contributed by atoms with van der Waals surface area (Å²) in [7, 11) is 0. The maximum absolute atomic E-state index is 12.5. The van der Waals surface area contributed by atoms with E-state index in [1.165, 1.54) is 0 Å². The highest BCUT2D eigenvalue weighted by Gasteiger charge is 2.27. The predicted octanol–water partition coefficient (Wildman–Crippen LogP) is 2.34. The van der Waals surface area contributed by atoms with E-state index >= 15 is 0 Å². The Labute approximate surface area is 150 Å². The summed E-state index contributed by atoms with van der Waals surface area (Å²) in [5.74, 6) is 0.215. The third-order valence-corrected chi connectivity index (χ3v) is 4.42. The Morgan fingerprint density at radius 3 is 2.38 bits per heavy atom. The van der Waals surface area contributed by atoms with Crippen LogP contribution in [0.2, 0.25) is 0 Å². The molecule has 0 atom stereocenters. The summed E-state index contributed by atoms with van der Waals surface area (Å²) in [5.41, 5.74) is 7.28. The van der Waals surface area contributed by atoms with Gasteiger partial charge in [0.05, 0.1) is 0 Å². The molecule has 0 saturated carbocycles. The normalized spacial score (nSPS) is 14.8. The highest BCUT2D eigenvalue weighted by Crippen LogP contribution is 2.19. The molecule has 1 aromatic carbocycles. The predicted molar refractivity (Wildman–Crippen MR) is 98.1 cm³/mol. The number of carbonyl (C=O) groups excluding carboxylic acids is 2. The second kappa shape index (κ2) is 10.3. The average Bonchev–Trinajstić information content (AvgIpc) is 2.61. The highest BCUT2D eigenvalue weighted by atomic mass is 35.5. The van der Waals surface area contributed by atoms with Crippen LogP contribution in [0, 0.1) is 5.92 Å². The minimum absolute atomic E-state index is 0. The van der Waals surface area contributed by atoms with Gasteiger partial charge >= 0.3 is 0 Å². The summed E-state index contributed by atoms with van der Waals surface area (Å²) in [4.78, 5) is 26.4. The third kappa shape index (κ3) is 5.49. The molecule has 1 aromatic rings. The number of piperidine rings is 1. The number of hydrogen-bond donors (Lipinski definition) is 2. The van der Waals surface area contributed by atoms with Gasteiger partial charge in [0.2, 0.25) is 5.91 Å². The van der Waals surface area contributed by atoms with Crippen LogP contribution in [0.15, 0.2) is 24.3 Å². The Bertz CT molecular complexity index is 526. The monoisotopic (exact) mass is 353 g/mol. The van der Waals surface area contributed by atoms with Gasteiger partial charge in [-0.05, 0) is 37.0 Å². The lowest BCUT2D eigenvalue weighted by molar-refractivity contribution is -0.126. The molecule has 134 valence electrons. The number of hydrogen-bond acceptors (Lipinski definition) is 3. The van der Waals surface area contributed by atoms with Crippen LogP contribution in [-0.2, 0) is 11.3 Å². The van der Waals surface area contributed by atoms with Crippen LogP contribution in [0.4, 0.5) is 0 Å². The molecule has 3 N–H and O–H groups in total. The Kier molecular flexibility index (Phi) is 8.79. The van der Waals surface area contributed by atoms with Crippen molar-refractivity contribution >= 4 is 24.2 Å². The molecule has 6 heteroatoms. The molecule has 24 heavy (non-hydrogen) atoms. The van der Waals surface area contributed by atoms with Crippen molar-refractivity contribution in [2.45, 2.75) is 39.2 Å². The van der Waals surface area contributed by atoms with Crippen LogP contribution in [-0.4, -0.2) is 36.3 Å². The summed E-state index contributed by atoms with van der Waals surface area (Å²) < 4.78 is 0. The Morgan fingerprint density at radius 2 is 1.83 bits per heavy atom. The Hall–Kier alpha value is -1.59. The van der Waals surface area contributed by atoms with Crippen molar-refractivity contribution in [1.29, 1.82) is 0 Å². The molecule has 2 amide bonds. The SMILES string of the molecule is CCCCNC(=O)C1CCN(C(=O)c2ccc(CN)cc2)CC1.Cl. The van der Waals surface area contributed by atoms with E-state index in [-0.39, 0.29) is 30.1 Å². The fourth-order valence-corrected chi connectivity index (χ4v) is 2.84. The first-order chi connectivity index (χ1) is 11.2. The van der Waals surface area contributed by atoms with Crippen molar-refractivity contribution < 1.29 is 9.59 Å². The molecular weight excluding hydrogens is 326 g/mol. The number of likely N-dealkylation sites (tertiary alicyclic amines) is 1. The number of nitrogens with one attached hydrogen (secondary N) is 1. The van der Waals surface area contributed by atoms with Crippen molar-refractivity contribution in [2.75, 3.05) is 19.6 Å². The molecule has 1 aliphatic rings. The van der Waals surface area contributed by atoms with Gasteiger partial charge in [0.1, 0.15) is 0 Å². The molecule has 0 aromatic heterocycles. The zero-order valence-electron chi connectivity index (χ0n) is 14.3. The number of unbranched alkanes of at least 4 members (excludes halogenated alkanes) is 1. The zero-order valence-corrected chi connectivity index (χ0v) is 15.1. The van der Waals surface area contributed by atoms with Gasteiger partial charge in [-0.1, -0.05) is 25.5 Å². The first kappa shape index (κ1) is 20.5. The van der Waals surface area contributed by atoms with Crippen LogP contribution in [0.5, 0.6) is 0 Å². The number of nitrogens with zero attached hydrogens (tertiary/aromatic N) is 1. The molecule has 1 heterocycles. The highest BCUT2D eigenvalue weighted by molar-refractivity contribution is 5.94. The lowest BCUT2D eigenvalue weighted by atomic mass is 9.95. The van der Waals surface area contributed by atoms with Gasteiger partial charge in [0.25, 0.3) is 5.91 Å². The van der Waals surface area contributed by atoms with E-state index in [2.05, 4.69) is 12.2 Å². The second-order valence-electron chi connectivity index (χ2n) is 6.11. The molecule has 1 aliphatic heterocycles. The zero-order chi connectivity index (χ0) is 16.7. The number of benzene rings is 1. The smallest absolute Gasteiger partial charge is 0.253 e. The molecule has 0 bridgehead atoms. The van der Waals surface area contributed by atoms with Crippen LogP contribution < -0.4 is 11.1 Å². The molecular formula is C18H28ClN3O2. The summed E-state index contributed by atoms with van der Waals surface area (Å²) >= 11 is 0. The number of carbonyl (C=O) groups is 2. The number of amides is 2. The molecule has 1 fully saturated rings. The number of nitrogens with two attached hydrogens (primary N) is 1. The summed E-state index contributed by atoms with van der Waals surface area (Å²) in [6, 6.07) is 7.43. The van der Waals surface area contributed by atoms with Gasteiger partial charge in [0.15, 0.2) is 0 Å². The van der Waals surface area contributed by atoms with Crippen molar-refractivity contribution in [1.82, 2.24) is 10.2 Å². The first-order valence-electron chi connectivity index (χ1n) is 8.51. The van der Waals surface area contributed by atoms with Crippen molar-refractivity contribution in [2.24, 2.45) is 11.7 Å². The lowest BCUT2D eigenvalue weighted by Crippen LogP contribution is -2.43. The summed E-state index contributed by atoms with van der Waals surface area (Å²) in [6.07, 6.45) is 3.58. The van der Waals surface area contributed by atoms with Gasteiger partial charge in [-0.3, -0.25) is 9.59 Å². The maximum atomic E-state index is 12.5. The molecule has 1 saturated heterocycles. The van der Waals surface area contributed by atoms with Gasteiger partial charge in [0, 0.05) is 37.7 Å². The summed E-state index contributed by atoms with van der Waals surface area (Å²) in [5, 5.41) is 2.99. The number of rotatable bonds is 6. The topological polar surface area (TPSA) is 75.4 Å². The second-order valence-corrected chi connectivity index (χ2v) is 6.11. The Morgan fingerprint density at radius 1 is 1.21 bits per heavy atom. The van der Waals surface area contributed by atoms with E-state index in [9.17, 15) is 9.59 Å². The largest absolute Gasteiger partial charge is 0.356 e. The van der Waals surface area contributed by atoms with E-state index in [1.54, 1.807) is 0 Å². The molecule has 0 aliphatic carbocycles. The van der Waals surface area contributed by atoms with Crippen molar-refractivity contribution in [3.8, 4) is 0 Å². The van der Waals surface area contributed by atoms with E-state index < -0.39 is 0 Å². The van der Waals surface area contributed by atoms with Crippen LogP contribution in [0.1, 0.15) is 48.5 Å². The fraction of sp³-hybridized carbons (Fsp3) is 0.556.